The summed E-state index contributed by atoms with van der Waals surface area (Å²) in [5.41, 5.74) is 0.394. The molecule has 1 aromatic heterocycles. The fourth-order valence-corrected chi connectivity index (χ4v) is 2.37. The summed E-state index contributed by atoms with van der Waals surface area (Å²) in [4.78, 5) is 36.0. The van der Waals surface area contributed by atoms with Gasteiger partial charge in [-0.2, -0.15) is 5.10 Å². The molecule has 1 aromatic carbocycles. The van der Waals surface area contributed by atoms with Gasteiger partial charge in [-0.1, -0.05) is 23.7 Å². The second kappa shape index (κ2) is 8.48. The van der Waals surface area contributed by atoms with E-state index in [0.717, 1.165) is 0 Å². The van der Waals surface area contributed by atoms with Crippen LogP contribution in [0.15, 0.2) is 30.3 Å². The third-order valence-electron chi connectivity index (χ3n) is 3.33. The highest BCUT2D eigenvalue weighted by atomic mass is 35.5. The van der Waals surface area contributed by atoms with E-state index in [1.165, 1.54) is 10.7 Å². The predicted molar refractivity (Wildman–Crippen MR) is 98.2 cm³/mol. The number of benzene rings is 1. The van der Waals surface area contributed by atoms with Gasteiger partial charge in [0, 0.05) is 19.2 Å². The van der Waals surface area contributed by atoms with Crippen LogP contribution in [-0.4, -0.2) is 40.1 Å². The van der Waals surface area contributed by atoms with Crippen LogP contribution in [0.5, 0.6) is 0 Å². The molecular weight excluding hydrogens is 358 g/mol. The number of halogens is 1. The lowest BCUT2D eigenvalue weighted by Crippen LogP contribution is -2.39. The van der Waals surface area contributed by atoms with Gasteiger partial charge >= 0.3 is 0 Å². The topological polar surface area (TPSA) is 105 Å². The number of rotatable bonds is 6. The van der Waals surface area contributed by atoms with Gasteiger partial charge in [0.05, 0.1) is 17.1 Å². The molecule has 0 atom stereocenters. The van der Waals surface area contributed by atoms with Crippen molar-refractivity contribution in [1.29, 1.82) is 0 Å². The number of amides is 3. The molecule has 9 heteroatoms. The van der Waals surface area contributed by atoms with Crippen molar-refractivity contribution in [2.75, 3.05) is 11.9 Å². The van der Waals surface area contributed by atoms with Gasteiger partial charge in [0.1, 0.15) is 5.82 Å². The van der Waals surface area contributed by atoms with Crippen molar-refractivity contribution in [1.82, 2.24) is 20.4 Å². The second-order valence-corrected chi connectivity index (χ2v) is 6.28. The molecule has 0 aliphatic carbocycles. The van der Waals surface area contributed by atoms with Gasteiger partial charge < -0.3 is 16.0 Å². The van der Waals surface area contributed by atoms with Gasteiger partial charge in [-0.3, -0.25) is 19.1 Å². The third-order valence-corrected chi connectivity index (χ3v) is 3.66. The van der Waals surface area contributed by atoms with E-state index in [0.29, 0.717) is 16.4 Å². The Labute approximate surface area is 155 Å². The summed E-state index contributed by atoms with van der Waals surface area (Å²) >= 11 is 6.00. The number of nitrogens with one attached hydrogen (secondary N) is 3. The normalized spacial score (nSPS) is 10.5. The summed E-state index contributed by atoms with van der Waals surface area (Å²) < 4.78 is 1.36. The zero-order valence-corrected chi connectivity index (χ0v) is 15.4. The van der Waals surface area contributed by atoms with Gasteiger partial charge in [0.25, 0.3) is 11.8 Å². The number of anilines is 1. The first kappa shape index (κ1) is 19.5. The first-order valence-electron chi connectivity index (χ1n) is 7.95. The number of carbonyl (C=O) groups excluding carboxylic acids is 3. The highest BCUT2D eigenvalue weighted by Crippen LogP contribution is 2.17. The molecule has 0 spiro atoms. The van der Waals surface area contributed by atoms with Crippen molar-refractivity contribution in [3.63, 3.8) is 0 Å². The van der Waals surface area contributed by atoms with E-state index in [4.69, 9.17) is 11.6 Å². The van der Waals surface area contributed by atoms with Crippen LogP contribution < -0.4 is 16.0 Å². The van der Waals surface area contributed by atoms with Crippen molar-refractivity contribution >= 4 is 35.1 Å². The molecule has 0 bridgehead atoms. The molecule has 0 radical (unpaired) electrons. The van der Waals surface area contributed by atoms with E-state index in [9.17, 15) is 14.4 Å². The first-order chi connectivity index (χ1) is 12.3. The van der Waals surface area contributed by atoms with Gasteiger partial charge in [-0.25, -0.2) is 0 Å². The molecule has 26 heavy (non-hydrogen) atoms. The van der Waals surface area contributed by atoms with E-state index in [1.807, 2.05) is 13.8 Å². The summed E-state index contributed by atoms with van der Waals surface area (Å²) in [6, 6.07) is 8.03. The minimum absolute atomic E-state index is 0.0131. The quantitative estimate of drug-likeness (QED) is 0.710. The SMILES string of the molecule is CC(C)NC(=O)CNC(=O)c1cc(NC(=O)c2ccccc2Cl)n(C)n1. The van der Waals surface area contributed by atoms with Crippen molar-refractivity contribution in [2.24, 2.45) is 7.05 Å². The maximum Gasteiger partial charge on any atom is 0.272 e. The number of aromatic nitrogens is 2. The van der Waals surface area contributed by atoms with Crippen LogP contribution in [-0.2, 0) is 11.8 Å². The molecule has 2 rings (SSSR count). The smallest absolute Gasteiger partial charge is 0.272 e. The van der Waals surface area contributed by atoms with E-state index in [1.54, 1.807) is 31.3 Å². The molecule has 8 nitrogen and oxygen atoms in total. The van der Waals surface area contributed by atoms with Crippen molar-refractivity contribution in [3.8, 4) is 0 Å². The van der Waals surface area contributed by atoms with Gasteiger partial charge in [-0.05, 0) is 26.0 Å². The maximum absolute atomic E-state index is 12.3. The van der Waals surface area contributed by atoms with Crippen molar-refractivity contribution < 1.29 is 14.4 Å². The molecule has 0 fully saturated rings. The third kappa shape index (κ3) is 5.06. The summed E-state index contributed by atoms with van der Waals surface area (Å²) in [5, 5.41) is 12.2. The number of hydrogen-bond donors (Lipinski definition) is 3. The molecule has 0 saturated heterocycles. The Kier molecular flexibility index (Phi) is 6.35. The average molecular weight is 378 g/mol. The van der Waals surface area contributed by atoms with E-state index >= 15 is 0 Å². The van der Waals surface area contributed by atoms with Crippen LogP contribution >= 0.6 is 11.6 Å². The molecule has 1 heterocycles. The molecule has 3 amide bonds. The number of carbonyl (C=O) groups is 3. The van der Waals surface area contributed by atoms with Crippen LogP contribution in [0.3, 0.4) is 0 Å². The molecule has 0 unspecified atom stereocenters. The monoisotopic (exact) mass is 377 g/mol. The lowest BCUT2D eigenvalue weighted by atomic mass is 10.2. The molecular formula is C17H20ClN5O3. The van der Waals surface area contributed by atoms with Crippen LogP contribution in [0.1, 0.15) is 34.7 Å². The molecule has 138 valence electrons. The molecule has 2 aromatic rings. The number of hydrogen-bond acceptors (Lipinski definition) is 4. The van der Waals surface area contributed by atoms with Gasteiger partial charge in [0.15, 0.2) is 5.69 Å². The summed E-state index contributed by atoms with van der Waals surface area (Å²) in [5.74, 6) is -0.900. The minimum atomic E-state index is -0.516. The number of nitrogens with zero attached hydrogens (tertiary/aromatic N) is 2. The van der Waals surface area contributed by atoms with Gasteiger partial charge in [0.2, 0.25) is 5.91 Å². The van der Waals surface area contributed by atoms with Crippen molar-refractivity contribution in [2.45, 2.75) is 19.9 Å². The standard InChI is InChI=1S/C17H20ClN5O3/c1-10(2)20-15(24)9-19-17(26)13-8-14(23(3)22-13)21-16(25)11-6-4-5-7-12(11)18/h4-8,10H,9H2,1-3H3,(H,19,26)(H,20,24)(H,21,25). The van der Waals surface area contributed by atoms with Crippen molar-refractivity contribution in [3.05, 3.63) is 46.6 Å². The first-order valence-corrected chi connectivity index (χ1v) is 8.33. The Balaban J connectivity index is 2.02. The average Bonchev–Trinajstić information content (AvgIpc) is 2.93. The fourth-order valence-electron chi connectivity index (χ4n) is 2.15. The summed E-state index contributed by atoms with van der Waals surface area (Å²) in [6.45, 7) is 3.49. The van der Waals surface area contributed by atoms with Crippen LogP contribution in [0.25, 0.3) is 0 Å². The van der Waals surface area contributed by atoms with E-state index in [-0.39, 0.29) is 24.2 Å². The molecule has 3 N–H and O–H groups in total. The Morgan fingerprint density at radius 2 is 1.88 bits per heavy atom. The molecule has 0 saturated carbocycles. The lowest BCUT2D eigenvalue weighted by Gasteiger charge is -2.08. The van der Waals surface area contributed by atoms with E-state index < -0.39 is 11.8 Å². The number of aryl methyl sites for hydroxylation is 1. The Morgan fingerprint density at radius 3 is 2.54 bits per heavy atom. The zero-order chi connectivity index (χ0) is 19.3. The maximum atomic E-state index is 12.3. The summed E-state index contributed by atoms with van der Waals surface area (Å²) in [7, 11) is 1.59. The molecule has 0 aliphatic heterocycles. The van der Waals surface area contributed by atoms with Crippen LogP contribution in [0.4, 0.5) is 5.82 Å². The Morgan fingerprint density at radius 1 is 1.19 bits per heavy atom. The minimum Gasteiger partial charge on any atom is -0.352 e. The fraction of sp³-hybridized carbons (Fsp3) is 0.294. The predicted octanol–water partition coefficient (Wildman–Crippen LogP) is 1.58. The highest BCUT2D eigenvalue weighted by Gasteiger charge is 2.17. The largest absolute Gasteiger partial charge is 0.352 e. The van der Waals surface area contributed by atoms with Crippen LogP contribution in [0.2, 0.25) is 5.02 Å². The molecule has 0 aliphatic rings. The highest BCUT2D eigenvalue weighted by molar-refractivity contribution is 6.34. The zero-order valence-electron chi connectivity index (χ0n) is 14.7. The van der Waals surface area contributed by atoms with Gasteiger partial charge in [-0.15, -0.1) is 0 Å². The second-order valence-electron chi connectivity index (χ2n) is 5.88. The Bertz CT molecular complexity index is 832. The lowest BCUT2D eigenvalue weighted by molar-refractivity contribution is -0.120. The van der Waals surface area contributed by atoms with Crippen LogP contribution in [0, 0.1) is 0 Å². The summed E-state index contributed by atoms with van der Waals surface area (Å²) in [6.07, 6.45) is 0. The Hall–Kier alpha value is -2.87. The van der Waals surface area contributed by atoms with E-state index in [2.05, 4.69) is 21.0 Å².